The molecule has 0 N–H and O–H groups in total. The molecule has 1 aliphatic rings. The van der Waals surface area contributed by atoms with Crippen LogP contribution in [-0.4, -0.2) is 37.3 Å². The van der Waals surface area contributed by atoms with Gasteiger partial charge in [0.25, 0.3) is 0 Å². The Bertz CT molecular complexity index is 674. The summed E-state index contributed by atoms with van der Waals surface area (Å²) in [6.45, 7) is 7.51. The molecule has 0 amide bonds. The highest BCUT2D eigenvalue weighted by Crippen LogP contribution is 2.30. The molecule has 1 atom stereocenters. The van der Waals surface area contributed by atoms with E-state index in [1.807, 2.05) is 32.0 Å². The number of nitrogens with zero attached hydrogens (tertiary/aromatic N) is 1. The summed E-state index contributed by atoms with van der Waals surface area (Å²) in [5, 5.41) is 0. The third-order valence-electron chi connectivity index (χ3n) is 4.30. The number of halogens is 3. The molecule has 6 heteroatoms. The first-order valence-corrected chi connectivity index (χ1v) is 9.68. The number of alkyl halides is 3. The number of benzene rings is 2. The highest BCUT2D eigenvalue weighted by atomic mass is 19.4. The summed E-state index contributed by atoms with van der Waals surface area (Å²) in [7, 11) is 0. The Balaban J connectivity index is 0.00000136. The molecule has 0 aromatic heterocycles. The Hall–Kier alpha value is -2.05. The zero-order valence-electron chi connectivity index (χ0n) is 16.4. The SMILES string of the molecule is CC.FC(F)(F)c1ccc(OCC2CN(Cc3ccccc3)CCCO2)cc1. The average Bonchev–Trinajstić information content (AvgIpc) is 2.93. The summed E-state index contributed by atoms with van der Waals surface area (Å²) in [5.41, 5.74) is 0.571. The fourth-order valence-corrected chi connectivity index (χ4v) is 2.99. The molecule has 0 radical (unpaired) electrons. The number of hydrogen-bond donors (Lipinski definition) is 0. The van der Waals surface area contributed by atoms with Crippen LogP contribution in [-0.2, 0) is 17.5 Å². The third kappa shape index (κ3) is 7.17. The molecule has 1 fully saturated rings. The molecule has 0 bridgehead atoms. The van der Waals surface area contributed by atoms with Crippen LogP contribution >= 0.6 is 0 Å². The van der Waals surface area contributed by atoms with Crippen LogP contribution in [0.5, 0.6) is 5.75 Å². The van der Waals surface area contributed by atoms with E-state index in [-0.39, 0.29) is 6.10 Å². The summed E-state index contributed by atoms with van der Waals surface area (Å²) in [6, 6.07) is 15.0. The lowest BCUT2D eigenvalue weighted by Gasteiger charge is -2.24. The van der Waals surface area contributed by atoms with Crippen LogP contribution in [0.1, 0.15) is 31.4 Å². The Morgan fingerprint density at radius 3 is 2.36 bits per heavy atom. The molecular weight excluding hydrogens is 367 g/mol. The van der Waals surface area contributed by atoms with E-state index < -0.39 is 11.7 Å². The van der Waals surface area contributed by atoms with Gasteiger partial charge in [-0.15, -0.1) is 0 Å². The highest BCUT2D eigenvalue weighted by molar-refractivity contribution is 5.28. The van der Waals surface area contributed by atoms with Crippen LogP contribution in [0.15, 0.2) is 54.6 Å². The first-order chi connectivity index (χ1) is 13.5. The number of hydrogen-bond acceptors (Lipinski definition) is 3. The molecule has 3 rings (SSSR count). The smallest absolute Gasteiger partial charge is 0.416 e. The van der Waals surface area contributed by atoms with Crippen LogP contribution in [0, 0.1) is 0 Å². The van der Waals surface area contributed by atoms with Gasteiger partial charge in [-0.3, -0.25) is 4.90 Å². The van der Waals surface area contributed by atoms with Crippen molar-refractivity contribution < 1.29 is 22.6 Å². The fraction of sp³-hybridized carbons (Fsp3) is 0.455. The second kappa shape index (κ2) is 11.1. The predicted molar refractivity (Wildman–Crippen MR) is 104 cm³/mol. The minimum atomic E-state index is -4.33. The van der Waals surface area contributed by atoms with Gasteiger partial charge in [0.2, 0.25) is 0 Å². The van der Waals surface area contributed by atoms with Gasteiger partial charge in [0.05, 0.1) is 5.56 Å². The van der Waals surface area contributed by atoms with E-state index in [4.69, 9.17) is 9.47 Å². The van der Waals surface area contributed by atoms with Crippen LogP contribution in [0.4, 0.5) is 13.2 Å². The van der Waals surface area contributed by atoms with Crippen molar-refractivity contribution in [2.45, 2.75) is 39.1 Å². The van der Waals surface area contributed by atoms with Gasteiger partial charge in [0.15, 0.2) is 0 Å². The molecule has 1 saturated heterocycles. The summed E-state index contributed by atoms with van der Waals surface area (Å²) in [4.78, 5) is 2.32. The van der Waals surface area contributed by atoms with Gasteiger partial charge < -0.3 is 9.47 Å². The van der Waals surface area contributed by atoms with Gasteiger partial charge in [0, 0.05) is 26.2 Å². The first kappa shape index (κ1) is 22.2. The van der Waals surface area contributed by atoms with Crippen molar-refractivity contribution in [1.29, 1.82) is 0 Å². The maximum atomic E-state index is 12.6. The molecule has 1 heterocycles. The second-order valence-electron chi connectivity index (χ2n) is 6.40. The van der Waals surface area contributed by atoms with Crippen LogP contribution in [0.25, 0.3) is 0 Å². The molecule has 2 aromatic rings. The van der Waals surface area contributed by atoms with Crippen molar-refractivity contribution in [2.24, 2.45) is 0 Å². The zero-order valence-corrected chi connectivity index (χ0v) is 16.4. The molecule has 28 heavy (non-hydrogen) atoms. The maximum Gasteiger partial charge on any atom is 0.416 e. The van der Waals surface area contributed by atoms with Crippen molar-refractivity contribution in [3.05, 3.63) is 65.7 Å². The van der Waals surface area contributed by atoms with Crippen LogP contribution < -0.4 is 4.74 Å². The van der Waals surface area contributed by atoms with Gasteiger partial charge in [-0.2, -0.15) is 13.2 Å². The Morgan fingerprint density at radius 2 is 1.71 bits per heavy atom. The van der Waals surface area contributed by atoms with E-state index in [9.17, 15) is 13.2 Å². The van der Waals surface area contributed by atoms with E-state index in [0.717, 1.165) is 38.2 Å². The van der Waals surface area contributed by atoms with Gasteiger partial charge in [-0.25, -0.2) is 0 Å². The van der Waals surface area contributed by atoms with Crippen molar-refractivity contribution in [1.82, 2.24) is 4.90 Å². The van der Waals surface area contributed by atoms with Gasteiger partial charge in [-0.1, -0.05) is 44.2 Å². The molecule has 0 spiro atoms. The number of rotatable bonds is 5. The van der Waals surface area contributed by atoms with Crippen molar-refractivity contribution in [3.8, 4) is 5.75 Å². The highest BCUT2D eigenvalue weighted by Gasteiger charge is 2.30. The molecule has 2 aromatic carbocycles. The zero-order chi connectivity index (χ0) is 20.4. The van der Waals surface area contributed by atoms with E-state index in [2.05, 4.69) is 17.0 Å². The van der Waals surface area contributed by atoms with Gasteiger partial charge in [-0.05, 0) is 36.2 Å². The minimum absolute atomic E-state index is 0.108. The van der Waals surface area contributed by atoms with E-state index >= 15 is 0 Å². The van der Waals surface area contributed by atoms with Crippen molar-refractivity contribution >= 4 is 0 Å². The van der Waals surface area contributed by atoms with Crippen LogP contribution in [0.2, 0.25) is 0 Å². The summed E-state index contributed by atoms with van der Waals surface area (Å²) >= 11 is 0. The third-order valence-corrected chi connectivity index (χ3v) is 4.30. The normalized spacial score (nSPS) is 18.0. The summed E-state index contributed by atoms with van der Waals surface area (Å²) < 4.78 is 49.3. The predicted octanol–water partition coefficient (Wildman–Crippen LogP) is 5.40. The Morgan fingerprint density at radius 1 is 1.04 bits per heavy atom. The maximum absolute atomic E-state index is 12.6. The van der Waals surface area contributed by atoms with Crippen molar-refractivity contribution in [3.63, 3.8) is 0 Å². The topological polar surface area (TPSA) is 21.7 Å². The minimum Gasteiger partial charge on any atom is -0.491 e. The molecule has 154 valence electrons. The monoisotopic (exact) mass is 395 g/mol. The first-order valence-electron chi connectivity index (χ1n) is 9.68. The quantitative estimate of drug-likeness (QED) is 0.676. The summed E-state index contributed by atoms with van der Waals surface area (Å²) in [6.07, 6.45) is -3.49. The largest absolute Gasteiger partial charge is 0.491 e. The lowest BCUT2D eigenvalue weighted by atomic mass is 10.2. The second-order valence-corrected chi connectivity index (χ2v) is 6.40. The fourth-order valence-electron chi connectivity index (χ4n) is 2.99. The molecule has 3 nitrogen and oxygen atoms in total. The van der Waals surface area contributed by atoms with Gasteiger partial charge in [0.1, 0.15) is 18.5 Å². The molecule has 0 saturated carbocycles. The Labute approximate surface area is 165 Å². The van der Waals surface area contributed by atoms with E-state index in [1.165, 1.54) is 17.7 Å². The van der Waals surface area contributed by atoms with Gasteiger partial charge >= 0.3 is 6.18 Å². The number of ether oxygens (including phenoxy) is 2. The molecule has 0 aliphatic carbocycles. The molecular formula is C22H28F3NO2. The molecule has 1 unspecified atom stereocenters. The van der Waals surface area contributed by atoms with E-state index in [1.54, 1.807) is 0 Å². The van der Waals surface area contributed by atoms with Crippen molar-refractivity contribution in [2.75, 3.05) is 26.3 Å². The standard InChI is InChI=1S/C20H22F3NO2.C2H6/c21-20(22,23)17-7-9-18(10-8-17)26-15-19-14-24(11-4-12-25-19)13-16-5-2-1-3-6-16;1-2/h1-3,5-10,19H,4,11-15H2;1-2H3. The summed E-state index contributed by atoms with van der Waals surface area (Å²) in [5.74, 6) is 0.417. The Kier molecular flexibility index (Phi) is 8.80. The van der Waals surface area contributed by atoms with Crippen LogP contribution in [0.3, 0.4) is 0 Å². The lowest BCUT2D eigenvalue weighted by molar-refractivity contribution is -0.137. The lowest BCUT2D eigenvalue weighted by Crippen LogP contribution is -2.34. The van der Waals surface area contributed by atoms with E-state index in [0.29, 0.717) is 19.0 Å². The average molecular weight is 395 g/mol. The molecule has 1 aliphatic heterocycles.